The number of aromatic amines is 1. The highest BCUT2D eigenvalue weighted by molar-refractivity contribution is 7.51. The lowest BCUT2D eigenvalue weighted by Gasteiger charge is -2.17. The number of imidazole rings is 1. The maximum atomic E-state index is 11.8. The Morgan fingerprint density at radius 2 is 2.12 bits per heavy atom. The number of hydrogen-bond acceptors (Lipinski definition) is 8. The Bertz CT molecular complexity index is 859. The molecule has 132 valence electrons. The number of nitrogen functional groups attached to an aromatic ring is 1. The number of nitrogens with two attached hydrogens (primary N) is 1. The molecule has 1 aliphatic rings. The fourth-order valence-electron chi connectivity index (χ4n) is 2.43. The van der Waals surface area contributed by atoms with Gasteiger partial charge in [-0.2, -0.15) is 0 Å². The number of aliphatic hydroxyl groups excluding tert-OH is 2. The first-order chi connectivity index (χ1) is 11.2. The molecule has 0 saturated carbocycles. The summed E-state index contributed by atoms with van der Waals surface area (Å²) in [6.07, 6.45) is -5.46. The Kier molecular flexibility index (Phi) is 4.21. The number of ether oxygens (including phenoxy) is 2. The Hall–Kier alpha value is -1.79. The molecule has 7 N–H and O–H groups in total. The molecule has 0 aliphatic carbocycles. The van der Waals surface area contributed by atoms with Crippen LogP contribution < -0.4 is 11.3 Å². The van der Waals surface area contributed by atoms with Crippen LogP contribution in [0.15, 0.2) is 17.2 Å². The van der Waals surface area contributed by atoms with Crippen molar-refractivity contribution in [1.29, 1.82) is 0 Å². The predicted octanol–water partition coefficient (Wildman–Crippen LogP) is -1.96. The first-order valence-corrected chi connectivity index (χ1v) is 8.50. The van der Waals surface area contributed by atoms with E-state index >= 15 is 0 Å². The Balaban J connectivity index is 1.90. The van der Waals surface area contributed by atoms with E-state index in [9.17, 15) is 19.6 Å². The van der Waals surface area contributed by atoms with Gasteiger partial charge in [-0.3, -0.25) is 9.36 Å². The third kappa shape index (κ3) is 3.08. The molecule has 12 nitrogen and oxygen atoms in total. The van der Waals surface area contributed by atoms with E-state index < -0.39 is 44.2 Å². The average molecular weight is 362 g/mol. The topological polar surface area (TPSA) is 193 Å². The summed E-state index contributed by atoms with van der Waals surface area (Å²) in [6, 6.07) is 1.40. The van der Waals surface area contributed by atoms with Gasteiger partial charge in [-0.1, -0.05) is 0 Å². The highest BCUT2D eigenvalue weighted by Crippen LogP contribution is 2.38. The number of pyridine rings is 1. The maximum Gasteiger partial charge on any atom is 0.351 e. The lowest BCUT2D eigenvalue weighted by atomic mass is 10.2. The van der Waals surface area contributed by atoms with Crippen LogP contribution >= 0.6 is 7.60 Å². The molecule has 0 aromatic carbocycles. The molecule has 1 saturated heterocycles. The number of rotatable bonds is 4. The van der Waals surface area contributed by atoms with E-state index in [2.05, 4.69) is 9.97 Å². The van der Waals surface area contributed by atoms with Crippen molar-refractivity contribution in [2.45, 2.75) is 24.7 Å². The summed E-state index contributed by atoms with van der Waals surface area (Å²) >= 11 is 0. The summed E-state index contributed by atoms with van der Waals surface area (Å²) in [5.41, 5.74) is 5.34. The summed E-state index contributed by atoms with van der Waals surface area (Å²) in [7, 11) is -4.47. The molecule has 0 spiro atoms. The molecule has 1 fully saturated rings. The van der Waals surface area contributed by atoms with E-state index in [1.807, 2.05) is 0 Å². The van der Waals surface area contributed by atoms with Crippen molar-refractivity contribution in [3.8, 4) is 0 Å². The van der Waals surface area contributed by atoms with Crippen LogP contribution in [0.25, 0.3) is 11.0 Å². The van der Waals surface area contributed by atoms with Crippen LogP contribution in [0.3, 0.4) is 0 Å². The lowest BCUT2D eigenvalue weighted by Crippen LogP contribution is -2.33. The fourth-order valence-corrected chi connectivity index (χ4v) is 2.77. The molecule has 1 aliphatic heterocycles. The van der Waals surface area contributed by atoms with Crippen molar-refractivity contribution < 1.29 is 34.0 Å². The molecule has 13 heteroatoms. The van der Waals surface area contributed by atoms with Crippen LogP contribution in [0.5, 0.6) is 0 Å². The van der Waals surface area contributed by atoms with Crippen LogP contribution in [0.2, 0.25) is 0 Å². The Morgan fingerprint density at radius 3 is 2.79 bits per heavy atom. The van der Waals surface area contributed by atoms with Gasteiger partial charge in [0.1, 0.15) is 18.0 Å². The van der Waals surface area contributed by atoms with E-state index in [1.54, 1.807) is 0 Å². The average Bonchev–Trinajstić information content (AvgIpc) is 3.00. The smallest absolute Gasteiger partial charge is 0.351 e. The molecule has 0 radical (unpaired) electrons. The highest BCUT2D eigenvalue weighted by atomic mass is 31.2. The van der Waals surface area contributed by atoms with Crippen molar-refractivity contribution in [1.82, 2.24) is 14.5 Å². The minimum atomic E-state index is -4.47. The first-order valence-electron chi connectivity index (χ1n) is 6.70. The van der Waals surface area contributed by atoms with Gasteiger partial charge in [0.15, 0.2) is 24.4 Å². The summed E-state index contributed by atoms with van der Waals surface area (Å²) in [6.45, 7) is 0. The number of hydrogen-bond donors (Lipinski definition) is 6. The molecular formula is C11H15N4O8P. The number of aromatic nitrogens is 3. The molecule has 4 atom stereocenters. The van der Waals surface area contributed by atoms with E-state index in [0.29, 0.717) is 0 Å². The predicted molar refractivity (Wildman–Crippen MR) is 78.7 cm³/mol. The van der Waals surface area contributed by atoms with Crippen LogP contribution in [0.1, 0.15) is 6.23 Å². The molecule has 24 heavy (non-hydrogen) atoms. The van der Waals surface area contributed by atoms with Gasteiger partial charge in [0.2, 0.25) is 0 Å². The van der Waals surface area contributed by atoms with Gasteiger partial charge in [0.25, 0.3) is 5.56 Å². The van der Waals surface area contributed by atoms with Gasteiger partial charge in [-0.15, -0.1) is 0 Å². The zero-order valence-electron chi connectivity index (χ0n) is 12.0. The highest BCUT2D eigenvalue weighted by Gasteiger charge is 2.45. The van der Waals surface area contributed by atoms with Gasteiger partial charge >= 0.3 is 7.60 Å². The lowest BCUT2D eigenvalue weighted by molar-refractivity contribution is -0.167. The molecule has 1 unspecified atom stereocenters. The number of H-pyrrole nitrogens is 1. The second-order valence-corrected chi connectivity index (χ2v) is 6.86. The molecule has 3 heterocycles. The quantitative estimate of drug-likeness (QED) is 0.332. The second-order valence-electron chi connectivity index (χ2n) is 5.28. The summed E-state index contributed by atoms with van der Waals surface area (Å²) in [5.74, 6) is 0.0663. The minimum absolute atomic E-state index is 0.0501. The fraction of sp³-hybridized carbons (Fsp3) is 0.455. The Labute approximate surface area is 133 Å². The second kappa shape index (κ2) is 5.93. The van der Waals surface area contributed by atoms with Crippen LogP contribution in [0, 0.1) is 0 Å². The third-order valence-corrected chi connectivity index (χ3v) is 3.96. The van der Waals surface area contributed by atoms with E-state index in [0.717, 1.165) is 0 Å². The van der Waals surface area contributed by atoms with Crippen molar-refractivity contribution in [3.63, 3.8) is 0 Å². The zero-order valence-corrected chi connectivity index (χ0v) is 12.9. The molecular weight excluding hydrogens is 347 g/mol. The van der Waals surface area contributed by atoms with E-state index in [1.165, 1.54) is 17.0 Å². The molecule has 2 aromatic rings. The molecule has 0 bridgehead atoms. The van der Waals surface area contributed by atoms with Crippen molar-refractivity contribution in [3.05, 3.63) is 22.7 Å². The van der Waals surface area contributed by atoms with Gasteiger partial charge in [-0.05, 0) is 0 Å². The number of nitrogens with zero attached hydrogens (tertiary/aromatic N) is 2. The van der Waals surface area contributed by atoms with Crippen LogP contribution in [-0.2, 0) is 14.0 Å². The first kappa shape index (κ1) is 17.0. The van der Waals surface area contributed by atoms with Gasteiger partial charge in [0.05, 0.1) is 11.8 Å². The summed E-state index contributed by atoms with van der Waals surface area (Å²) < 4.78 is 22.2. The van der Waals surface area contributed by atoms with Gasteiger partial charge < -0.3 is 44.8 Å². The number of nitrogens with one attached hydrogen (secondary N) is 1. The van der Waals surface area contributed by atoms with E-state index in [-0.39, 0.29) is 16.9 Å². The molecule has 3 rings (SSSR count). The molecule has 0 amide bonds. The van der Waals surface area contributed by atoms with Crippen LogP contribution in [0.4, 0.5) is 5.82 Å². The third-order valence-electron chi connectivity index (χ3n) is 3.47. The SMILES string of the molecule is Nc1cc2c(ncn2[C@@H]2O[C@H](OCP(=O)(O)O)C(O)[C@@H]2O)c(=O)[nH]1. The maximum absolute atomic E-state index is 11.8. The zero-order chi connectivity index (χ0) is 17.6. The van der Waals surface area contributed by atoms with Crippen molar-refractivity contribution in [2.24, 2.45) is 0 Å². The van der Waals surface area contributed by atoms with Gasteiger partial charge in [0, 0.05) is 6.07 Å². The summed E-state index contributed by atoms with van der Waals surface area (Å²) in [4.78, 5) is 35.6. The number of fused-ring (bicyclic) bond motifs is 1. The number of anilines is 1. The van der Waals surface area contributed by atoms with Crippen LogP contribution in [-0.4, -0.2) is 59.4 Å². The Morgan fingerprint density at radius 1 is 1.42 bits per heavy atom. The normalized spacial score (nSPS) is 27.8. The largest absolute Gasteiger partial charge is 0.385 e. The number of aliphatic hydroxyl groups is 2. The van der Waals surface area contributed by atoms with Gasteiger partial charge in [-0.25, -0.2) is 4.98 Å². The molecule has 2 aromatic heterocycles. The van der Waals surface area contributed by atoms with Crippen molar-refractivity contribution in [2.75, 3.05) is 12.1 Å². The van der Waals surface area contributed by atoms with E-state index in [4.69, 9.17) is 25.0 Å². The standard InChI is InChI=1S/C11H15N4O8P/c12-5-1-4-6(9(18)14-5)13-2-15(4)10-7(16)8(17)11(23-10)22-3-24(19,20)21/h1-2,7-8,10-11,16-17H,3H2,(H3,12,14,18)(H2,19,20,21)/t7-,8?,10+,11-/m0/s1. The monoisotopic (exact) mass is 362 g/mol. The summed E-state index contributed by atoms with van der Waals surface area (Å²) in [5, 5.41) is 20.0. The minimum Gasteiger partial charge on any atom is -0.385 e. The van der Waals surface area contributed by atoms with Crippen molar-refractivity contribution >= 4 is 24.4 Å².